The van der Waals surface area contributed by atoms with Gasteiger partial charge in [-0.15, -0.1) is 11.3 Å². The van der Waals surface area contributed by atoms with Crippen LogP contribution in [0.2, 0.25) is 0 Å². The summed E-state index contributed by atoms with van der Waals surface area (Å²) >= 11 is 1.67. The third-order valence-electron chi connectivity index (χ3n) is 5.47. The van der Waals surface area contributed by atoms with Crippen LogP contribution in [-0.2, 0) is 9.47 Å². The molecule has 164 valence electrons. The van der Waals surface area contributed by atoms with Gasteiger partial charge in [0.05, 0.1) is 18.1 Å². The van der Waals surface area contributed by atoms with E-state index in [-0.39, 0.29) is 6.29 Å². The summed E-state index contributed by atoms with van der Waals surface area (Å²) in [5.41, 5.74) is 5.15. The fourth-order valence-electron chi connectivity index (χ4n) is 3.78. The Hall–Kier alpha value is -3.58. The number of ether oxygens (including phenoxy) is 2. The maximum atomic E-state index is 11.1. The fraction of sp³-hybridized carbons (Fsp3) is 0.111. The zero-order valence-electron chi connectivity index (χ0n) is 17.7. The first-order valence-electron chi connectivity index (χ1n) is 10.6. The molecule has 0 bridgehead atoms. The molecular weight excluding hydrogens is 434 g/mol. The molecule has 5 rings (SSSR count). The predicted molar refractivity (Wildman–Crippen MR) is 130 cm³/mol. The highest BCUT2D eigenvalue weighted by molar-refractivity contribution is 7.15. The first kappa shape index (κ1) is 21.3. The zero-order valence-corrected chi connectivity index (χ0v) is 18.5. The van der Waals surface area contributed by atoms with Crippen molar-refractivity contribution in [1.82, 2.24) is 0 Å². The van der Waals surface area contributed by atoms with Gasteiger partial charge >= 0.3 is 0 Å². The van der Waals surface area contributed by atoms with Gasteiger partial charge in [-0.25, -0.2) is 0 Å². The van der Waals surface area contributed by atoms with Crippen LogP contribution in [0.5, 0.6) is 0 Å². The molecular formula is C27H21NO4S. The van der Waals surface area contributed by atoms with Crippen molar-refractivity contribution < 1.29 is 19.1 Å². The Morgan fingerprint density at radius 2 is 1.15 bits per heavy atom. The lowest BCUT2D eigenvalue weighted by atomic mass is 10.1. The van der Waals surface area contributed by atoms with E-state index in [2.05, 4.69) is 41.3 Å². The van der Waals surface area contributed by atoms with Gasteiger partial charge in [0.2, 0.25) is 0 Å². The third-order valence-corrected chi connectivity index (χ3v) is 6.62. The van der Waals surface area contributed by atoms with E-state index in [1.807, 2.05) is 24.3 Å². The van der Waals surface area contributed by atoms with E-state index in [4.69, 9.17) is 9.47 Å². The number of hydrogen-bond acceptors (Lipinski definition) is 6. The molecule has 0 saturated carbocycles. The maximum Gasteiger partial charge on any atom is 0.193 e. The van der Waals surface area contributed by atoms with E-state index in [1.54, 1.807) is 35.6 Å². The molecule has 1 fully saturated rings. The molecule has 0 amide bonds. The minimum Gasteiger partial charge on any atom is -0.345 e. The molecule has 0 spiro atoms. The van der Waals surface area contributed by atoms with Crippen molar-refractivity contribution in [2.24, 2.45) is 0 Å². The highest BCUT2D eigenvalue weighted by atomic mass is 32.1. The lowest BCUT2D eigenvalue weighted by Gasteiger charge is -2.25. The van der Waals surface area contributed by atoms with Crippen LogP contribution in [0.1, 0.15) is 31.9 Å². The van der Waals surface area contributed by atoms with E-state index in [1.165, 1.54) is 0 Å². The average Bonchev–Trinajstić information content (AvgIpc) is 3.58. The highest BCUT2D eigenvalue weighted by Crippen LogP contribution is 2.38. The number of anilines is 3. The molecule has 0 radical (unpaired) electrons. The molecule has 0 aliphatic carbocycles. The third kappa shape index (κ3) is 4.50. The number of carbonyl (C=O) groups is 2. The Morgan fingerprint density at radius 1 is 0.667 bits per heavy atom. The van der Waals surface area contributed by atoms with Gasteiger partial charge in [-0.3, -0.25) is 9.59 Å². The molecule has 6 heteroatoms. The number of carbonyl (C=O) groups excluding carboxylic acids is 2. The standard InChI is InChI=1S/C27H21NO4S/c29-17-19-1-7-22(8-2-19)28(23-9-3-20(18-30)4-10-23)24-11-5-21(6-12-24)25-13-14-26(33-25)27-31-15-16-32-27/h1-14,17-18,27H,15-16H2. The molecule has 4 aromatic rings. The minimum atomic E-state index is -0.262. The van der Waals surface area contributed by atoms with Crippen molar-refractivity contribution in [1.29, 1.82) is 0 Å². The predicted octanol–water partition coefficient (Wildman–Crippen LogP) is 6.56. The molecule has 3 aromatic carbocycles. The number of rotatable bonds is 7. The Morgan fingerprint density at radius 3 is 1.64 bits per heavy atom. The number of thiophene rings is 1. The fourth-order valence-corrected chi connectivity index (χ4v) is 4.80. The molecule has 1 aliphatic heterocycles. The van der Waals surface area contributed by atoms with E-state index < -0.39 is 0 Å². The normalized spacial score (nSPS) is 13.7. The van der Waals surface area contributed by atoms with E-state index >= 15 is 0 Å². The van der Waals surface area contributed by atoms with Crippen molar-refractivity contribution in [3.8, 4) is 10.4 Å². The van der Waals surface area contributed by atoms with E-state index in [9.17, 15) is 9.59 Å². The zero-order chi connectivity index (χ0) is 22.6. The molecule has 1 aromatic heterocycles. The van der Waals surface area contributed by atoms with Crippen LogP contribution in [0.15, 0.2) is 84.9 Å². The first-order chi connectivity index (χ1) is 16.2. The lowest BCUT2D eigenvalue weighted by Crippen LogP contribution is -2.10. The smallest absolute Gasteiger partial charge is 0.193 e. The van der Waals surface area contributed by atoms with E-state index in [0.29, 0.717) is 24.3 Å². The molecule has 0 unspecified atom stereocenters. The molecule has 0 N–H and O–H groups in total. The summed E-state index contributed by atoms with van der Waals surface area (Å²) in [6, 6.07) is 27.3. The first-order valence-corrected chi connectivity index (χ1v) is 11.4. The second-order valence-corrected chi connectivity index (χ2v) is 8.69. The van der Waals surface area contributed by atoms with Crippen molar-refractivity contribution in [3.05, 3.63) is 101 Å². The van der Waals surface area contributed by atoms with Crippen molar-refractivity contribution in [2.75, 3.05) is 18.1 Å². The van der Waals surface area contributed by atoms with Gasteiger partial charge in [-0.1, -0.05) is 12.1 Å². The van der Waals surface area contributed by atoms with Gasteiger partial charge in [0, 0.05) is 33.1 Å². The second kappa shape index (κ2) is 9.50. The van der Waals surface area contributed by atoms with Crippen LogP contribution in [0.4, 0.5) is 17.1 Å². The summed E-state index contributed by atoms with van der Waals surface area (Å²) in [5.74, 6) is 0. The summed E-state index contributed by atoms with van der Waals surface area (Å²) in [5, 5.41) is 0. The second-order valence-electron chi connectivity index (χ2n) is 7.58. The van der Waals surface area contributed by atoms with Gasteiger partial charge in [-0.05, 0) is 78.4 Å². The molecule has 0 atom stereocenters. The average molecular weight is 456 g/mol. The quantitative estimate of drug-likeness (QED) is 0.296. The maximum absolute atomic E-state index is 11.1. The Kier molecular flexibility index (Phi) is 6.13. The molecule has 5 nitrogen and oxygen atoms in total. The summed E-state index contributed by atoms with van der Waals surface area (Å²) in [6.45, 7) is 1.26. The van der Waals surface area contributed by atoms with Crippen molar-refractivity contribution in [3.63, 3.8) is 0 Å². The summed E-state index contributed by atoms with van der Waals surface area (Å²) in [6.07, 6.45) is 1.40. The highest BCUT2D eigenvalue weighted by Gasteiger charge is 2.20. The van der Waals surface area contributed by atoms with Crippen molar-refractivity contribution >= 4 is 41.0 Å². The van der Waals surface area contributed by atoms with Gasteiger partial charge in [0.25, 0.3) is 0 Å². The number of nitrogens with zero attached hydrogens (tertiary/aromatic N) is 1. The van der Waals surface area contributed by atoms with Gasteiger partial charge in [-0.2, -0.15) is 0 Å². The molecule has 2 heterocycles. The van der Waals surface area contributed by atoms with Gasteiger partial charge in [0.15, 0.2) is 6.29 Å². The number of aldehydes is 2. The van der Waals surface area contributed by atoms with Gasteiger partial charge in [0.1, 0.15) is 12.6 Å². The summed E-state index contributed by atoms with van der Waals surface area (Å²) in [7, 11) is 0. The van der Waals surface area contributed by atoms with Crippen molar-refractivity contribution in [2.45, 2.75) is 6.29 Å². The Balaban J connectivity index is 1.47. The summed E-state index contributed by atoms with van der Waals surface area (Å²) < 4.78 is 11.2. The van der Waals surface area contributed by atoms with Crippen LogP contribution in [-0.4, -0.2) is 25.8 Å². The molecule has 1 saturated heterocycles. The summed E-state index contributed by atoms with van der Waals surface area (Å²) in [4.78, 5) is 26.5. The van der Waals surface area contributed by atoms with Crippen LogP contribution in [0.25, 0.3) is 10.4 Å². The van der Waals surface area contributed by atoms with E-state index in [0.717, 1.165) is 45.0 Å². The Bertz CT molecular complexity index is 1190. The van der Waals surface area contributed by atoms with Gasteiger partial charge < -0.3 is 14.4 Å². The minimum absolute atomic E-state index is 0.262. The molecule has 33 heavy (non-hydrogen) atoms. The van der Waals surface area contributed by atoms with Crippen LogP contribution in [0, 0.1) is 0 Å². The monoisotopic (exact) mass is 455 g/mol. The van der Waals surface area contributed by atoms with Crippen LogP contribution < -0.4 is 4.90 Å². The van der Waals surface area contributed by atoms with Crippen LogP contribution >= 0.6 is 11.3 Å². The largest absolute Gasteiger partial charge is 0.345 e. The topological polar surface area (TPSA) is 55.8 Å². The molecule has 1 aliphatic rings. The SMILES string of the molecule is O=Cc1ccc(N(c2ccc(C=O)cc2)c2ccc(-c3ccc(C4OCCO4)s3)cc2)cc1. The lowest BCUT2D eigenvalue weighted by molar-refractivity contribution is -0.0413. The number of benzene rings is 3. The number of hydrogen-bond donors (Lipinski definition) is 0. The Labute approximate surface area is 195 Å². The van der Waals surface area contributed by atoms with Crippen LogP contribution in [0.3, 0.4) is 0 Å².